The second-order valence-corrected chi connectivity index (χ2v) is 5.36. The standard InChI is InChI=1S/C13H12ClNO3S/c1-18-7-6-10-15-11(12(19-10)13(16)17)8-2-4-9(14)5-3-8/h2-5H,6-7H2,1H3,(H,16,17). The molecule has 100 valence electrons. The van der Waals surface area contributed by atoms with Crippen molar-refractivity contribution >= 4 is 28.9 Å². The Labute approximate surface area is 119 Å². The number of halogens is 1. The van der Waals surface area contributed by atoms with Crippen LogP contribution >= 0.6 is 22.9 Å². The molecule has 2 aromatic rings. The SMILES string of the molecule is COCCc1nc(-c2ccc(Cl)cc2)c(C(=O)O)s1. The van der Waals surface area contributed by atoms with Gasteiger partial charge in [0.15, 0.2) is 0 Å². The maximum absolute atomic E-state index is 11.3. The topological polar surface area (TPSA) is 59.4 Å². The van der Waals surface area contributed by atoms with Crippen molar-refractivity contribution in [3.05, 3.63) is 39.2 Å². The molecule has 1 N–H and O–H groups in total. The van der Waals surface area contributed by atoms with E-state index in [2.05, 4.69) is 4.98 Å². The van der Waals surface area contributed by atoms with Crippen molar-refractivity contribution in [1.29, 1.82) is 0 Å². The molecule has 6 heteroatoms. The van der Waals surface area contributed by atoms with Gasteiger partial charge in [0.1, 0.15) is 4.88 Å². The van der Waals surface area contributed by atoms with Gasteiger partial charge in [-0.05, 0) is 12.1 Å². The van der Waals surface area contributed by atoms with E-state index in [-0.39, 0.29) is 4.88 Å². The van der Waals surface area contributed by atoms with E-state index >= 15 is 0 Å². The zero-order valence-electron chi connectivity index (χ0n) is 10.2. The number of carboxylic acid groups (broad SMARTS) is 1. The average Bonchev–Trinajstić information content (AvgIpc) is 2.81. The first-order chi connectivity index (χ1) is 9.11. The number of hydrogen-bond acceptors (Lipinski definition) is 4. The lowest BCUT2D eigenvalue weighted by Crippen LogP contribution is -1.95. The molecule has 1 aromatic heterocycles. The van der Waals surface area contributed by atoms with E-state index in [1.807, 2.05) is 0 Å². The Hall–Kier alpha value is -1.43. The summed E-state index contributed by atoms with van der Waals surface area (Å²) in [4.78, 5) is 15.9. The number of rotatable bonds is 5. The normalized spacial score (nSPS) is 10.6. The Morgan fingerprint density at radius 3 is 2.68 bits per heavy atom. The van der Waals surface area contributed by atoms with Gasteiger partial charge in [0.25, 0.3) is 0 Å². The zero-order chi connectivity index (χ0) is 13.8. The Bertz CT molecular complexity index is 580. The molecule has 0 aliphatic rings. The minimum Gasteiger partial charge on any atom is -0.477 e. The van der Waals surface area contributed by atoms with Crippen LogP contribution in [0.15, 0.2) is 24.3 Å². The molecule has 2 rings (SSSR count). The molecule has 0 unspecified atom stereocenters. The summed E-state index contributed by atoms with van der Waals surface area (Å²) >= 11 is 7.01. The zero-order valence-corrected chi connectivity index (χ0v) is 11.8. The molecule has 0 spiro atoms. The first-order valence-electron chi connectivity index (χ1n) is 5.59. The van der Waals surface area contributed by atoms with Crippen molar-refractivity contribution in [2.75, 3.05) is 13.7 Å². The van der Waals surface area contributed by atoms with Crippen LogP contribution in [-0.4, -0.2) is 29.8 Å². The lowest BCUT2D eigenvalue weighted by molar-refractivity contribution is 0.0702. The summed E-state index contributed by atoms with van der Waals surface area (Å²) in [5.41, 5.74) is 1.24. The van der Waals surface area contributed by atoms with E-state index < -0.39 is 5.97 Å². The molecule has 0 aliphatic heterocycles. The Balaban J connectivity index is 2.39. The number of carboxylic acids is 1. The molecular weight excluding hydrogens is 286 g/mol. The van der Waals surface area contributed by atoms with Gasteiger partial charge in [0, 0.05) is 24.1 Å². The number of hydrogen-bond donors (Lipinski definition) is 1. The van der Waals surface area contributed by atoms with Crippen LogP contribution in [0.3, 0.4) is 0 Å². The van der Waals surface area contributed by atoms with Gasteiger partial charge in [-0.3, -0.25) is 0 Å². The summed E-state index contributed by atoms with van der Waals surface area (Å²) in [5, 5.41) is 10.6. The van der Waals surface area contributed by atoms with Gasteiger partial charge in [-0.25, -0.2) is 9.78 Å². The second-order valence-electron chi connectivity index (χ2n) is 3.84. The molecule has 1 heterocycles. The first-order valence-corrected chi connectivity index (χ1v) is 6.79. The average molecular weight is 298 g/mol. The fraction of sp³-hybridized carbons (Fsp3) is 0.231. The smallest absolute Gasteiger partial charge is 0.348 e. The van der Waals surface area contributed by atoms with Gasteiger partial charge in [0.2, 0.25) is 0 Å². The summed E-state index contributed by atoms with van der Waals surface area (Å²) < 4.78 is 4.98. The Morgan fingerprint density at radius 1 is 1.42 bits per heavy atom. The number of carbonyl (C=O) groups is 1. The molecule has 0 radical (unpaired) electrons. The number of benzene rings is 1. The van der Waals surface area contributed by atoms with E-state index in [9.17, 15) is 9.90 Å². The summed E-state index contributed by atoms with van der Waals surface area (Å²) in [7, 11) is 1.60. The highest BCUT2D eigenvalue weighted by molar-refractivity contribution is 7.14. The van der Waals surface area contributed by atoms with Crippen LogP contribution in [0.4, 0.5) is 0 Å². The molecule has 19 heavy (non-hydrogen) atoms. The van der Waals surface area contributed by atoms with Crippen LogP contribution in [0.25, 0.3) is 11.3 Å². The van der Waals surface area contributed by atoms with E-state index in [0.717, 1.165) is 10.6 Å². The molecule has 4 nitrogen and oxygen atoms in total. The van der Waals surface area contributed by atoms with E-state index in [1.54, 1.807) is 31.4 Å². The van der Waals surface area contributed by atoms with Gasteiger partial charge in [-0.15, -0.1) is 11.3 Å². The van der Waals surface area contributed by atoms with Gasteiger partial charge in [0.05, 0.1) is 17.3 Å². The molecule has 0 bridgehead atoms. The van der Waals surface area contributed by atoms with E-state index in [4.69, 9.17) is 16.3 Å². The van der Waals surface area contributed by atoms with Crippen molar-refractivity contribution in [3.63, 3.8) is 0 Å². The summed E-state index contributed by atoms with van der Waals surface area (Å²) in [6.45, 7) is 0.520. The Morgan fingerprint density at radius 2 is 2.11 bits per heavy atom. The highest BCUT2D eigenvalue weighted by Gasteiger charge is 2.18. The second kappa shape index (κ2) is 6.14. The molecule has 0 atom stereocenters. The number of ether oxygens (including phenoxy) is 1. The molecule has 0 saturated carbocycles. The Kier molecular flexibility index (Phi) is 4.52. The van der Waals surface area contributed by atoms with Gasteiger partial charge < -0.3 is 9.84 Å². The van der Waals surface area contributed by atoms with Crippen LogP contribution in [0.2, 0.25) is 5.02 Å². The van der Waals surface area contributed by atoms with Crippen molar-refractivity contribution < 1.29 is 14.6 Å². The third-order valence-corrected chi connectivity index (χ3v) is 3.86. The fourth-order valence-corrected chi connectivity index (χ4v) is 2.64. The van der Waals surface area contributed by atoms with Crippen molar-refractivity contribution in [2.45, 2.75) is 6.42 Å². The monoisotopic (exact) mass is 297 g/mol. The maximum atomic E-state index is 11.3. The van der Waals surface area contributed by atoms with Crippen LogP contribution in [0.5, 0.6) is 0 Å². The number of thiazole rings is 1. The van der Waals surface area contributed by atoms with Crippen LogP contribution in [-0.2, 0) is 11.2 Å². The predicted octanol–water partition coefficient (Wildman–Crippen LogP) is 3.35. The molecule has 1 aromatic carbocycles. The summed E-state index contributed by atoms with van der Waals surface area (Å²) in [5.74, 6) is -0.967. The third-order valence-electron chi connectivity index (χ3n) is 2.50. The summed E-state index contributed by atoms with van der Waals surface area (Å²) in [6.07, 6.45) is 0.606. The van der Waals surface area contributed by atoms with Gasteiger partial charge in [-0.2, -0.15) is 0 Å². The van der Waals surface area contributed by atoms with Crippen LogP contribution in [0, 0.1) is 0 Å². The number of nitrogens with zero attached hydrogens (tertiary/aromatic N) is 1. The van der Waals surface area contributed by atoms with Crippen LogP contribution < -0.4 is 0 Å². The number of aromatic carboxylic acids is 1. The fourth-order valence-electron chi connectivity index (χ4n) is 1.61. The third kappa shape index (κ3) is 3.32. The molecule has 0 aliphatic carbocycles. The molecule has 0 saturated heterocycles. The molecule has 0 fully saturated rings. The highest BCUT2D eigenvalue weighted by Crippen LogP contribution is 2.29. The van der Waals surface area contributed by atoms with E-state index in [0.29, 0.717) is 23.7 Å². The summed E-state index contributed by atoms with van der Waals surface area (Å²) in [6, 6.07) is 6.97. The minimum absolute atomic E-state index is 0.244. The number of methoxy groups -OCH3 is 1. The lowest BCUT2D eigenvalue weighted by Gasteiger charge is -1.99. The quantitative estimate of drug-likeness (QED) is 0.919. The largest absolute Gasteiger partial charge is 0.477 e. The number of aromatic nitrogens is 1. The first kappa shape index (κ1) is 14.0. The lowest BCUT2D eigenvalue weighted by atomic mass is 10.1. The van der Waals surface area contributed by atoms with Crippen molar-refractivity contribution in [2.24, 2.45) is 0 Å². The molecular formula is C13H12ClNO3S. The highest BCUT2D eigenvalue weighted by atomic mass is 35.5. The minimum atomic E-state index is -0.967. The molecule has 0 amide bonds. The van der Waals surface area contributed by atoms with Crippen LogP contribution in [0.1, 0.15) is 14.7 Å². The van der Waals surface area contributed by atoms with Gasteiger partial charge >= 0.3 is 5.97 Å². The van der Waals surface area contributed by atoms with Crippen molar-refractivity contribution in [1.82, 2.24) is 4.98 Å². The van der Waals surface area contributed by atoms with Crippen molar-refractivity contribution in [3.8, 4) is 11.3 Å². The van der Waals surface area contributed by atoms with E-state index in [1.165, 1.54) is 11.3 Å². The van der Waals surface area contributed by atoms with Gasteiger partial charge in [-0.1, -0.05) is 23.7 Å². The predicted molar refractivity (Wildman–Crippen MR) is 75.1 cm³/mol. The maximum Gasteiger partial charge on any atom is 0.348 e.